The van der Waals surface area contributed by atoms with Gasteiger partial charge in [-0.2, -0.15) is 0 Å². The third-order valence-electron chi connectivity index (χ3n) is 9.90. The minimum atomic E-state index is 0.0333. The lowest BCUT2D eigenvalue weighted by Crippen LogP contribution is -2.35. The van der Waals surface area contributed by atoms with Crippen LogP contribution in [0.2, 0.25) is 0 Å². The molecule has 0 aliphatic carbocycles. The highest BCUT2D eigenvalue weighted by Crippen LogP contribution is 2.46. The zero-order valence-corrected chi connectivity index (χ0v) is 21.5. The van der Waals surface area contributed by atoms with E-state index in [4.69, 9.17) is 18.9 Å². The molecule has 0 amide bonds. The van der Waals surface area contributed by atoms with Gasteiger partial charge in [-0.3, -0.25) is 9.59 Å². The zero-order chi connectivity index (χ0) is 24.9. The van der Waals surface area contributed by atoms with Crippen molar-refractivity contribution < 1.29 is 28.5 Å². The summed E-state index contributed by atoms with van der Waals surface area (Å²) in [6.07, 6.45) is 13.0. The lowest BCUT2D eigenvalue weighted by atomic mass is 9.77. The standard InChI is InChI=1S/2C15H18O3/c1-7-4-13-10(6-12(7)18-13)14(16)11-5-9-3-8(2)15(11)17-9;1-7-3-13-9(5-11(7)17-13)15(16)10-6-12-8(2)4-14(10)18-12/h3-4,9-13,15H,5-6H2,1-2H3;3-4,9-14H,5-6H2,1-2H3. The van der Waals surface area contributed by atoms with Crippen molar-refractivity contribution in [1.29, 1.82) is 0 Å². The van der Waals surface area contributed by atoms with Crippen LogP contribution < -0.4 is 0 Å². The molecule has 192 valence electrons. The molecule has 0 aromatic rings. The molecule has 4 fully saturated rings. The van der Waals surface area contributed by atoms with Crippen molar-refractivity contribution in [2.24, 2.45) is 23.7 Å². The van der Waals surface area contributed by atoms with Gasteiger partial charge in [0, 0.05) is 0 Å². The smallest absolute Gasteiger partial charge is 0.145 e. The molecular weight excluding hydrogens is 456 g/mol. The van der Waals surface area contributed by atoms with E-state index >= 15 is 0 Å². The first-order chi connectivity index (χ1) is 17.3. The summed E-state index contributed by atoms with van der Waals surface area (Å²) in [6.45, 7) is 8.36. The topological polar surface area (TPSA) is 71.1 Å². The fraction of sp³-hybridized carbons (Fsp3) is 0.667. The Balaban J connectivity index is 0.000000122. The van der Waals surface area contributed by atoms with Gasteiger partial charge >= 0.3 is 0 Å². The van der Waals surface area contributed by atoms with Crippen molar-refractivity contribution in [1.82, 2.24) is 0 Å². The second kappa shape index (κ2) is 8.32. The number of Topliss-reactive ketones (excluding diaryl/α,β-unsaturated/α-hetero) is 2. The van der Waals surface area contributed by atoms with E-state index in [0.29, 0.717) is 11.6 Å². The Morgan fingerprint density at radius 2 is 0.972 bits per heavy atom. The number of hydrogen-bond acceptors (Lipinski definition) is 6. The molecule has 0 aromatic heterocycles. The molecule has 36 heavy (non-hydrogen) atoms. The third kappa shape index (κ3) is 3.52. The minimum Gasteiger partial charge on any atom is -0.366 e. The molecule has 12 atom stereocenters. The molecule has 0 spiro atoms. The first-order valence-corrected chi connectivity index (χ1v) is 13.7. The van der Waals surface area contributed by atoms with Gasteiger partial charge in [-0.05, 0) is 75.7 Å². The Morgan fingerprint density at radius 3 is 1.28 bits per heavy atom. The summed E-state index contributed by atoms with van der Waals surface area (Å²) in [4.78, 5) is 25.3. The summed E-state index contributed by atoms with van der Waals surface area (Å²) in [5.41, 5.74) is 5.12. The zero-order valence-electron chi connectivity index (χ0n) is 21.5. The van der Waals surface area contributed by atoms with E-state index in [0.717, 1.165) is 25.7 Å². The fourth-order valence-corrected chi connectivity index (χ4v) is 7.84. The maximum Gasteiger partial charge on any atom is 0.145 e. The summed E-state index contributed by atoms with van der Waals surface area (Å²) in [5, 5.41) is 0. The van der Waals surface area contributed by atoms with Crippen LogP contribution in [0.5, 0.6) is 0 Å². The van der Waals surface area contributed by atoms with E-state index in [-0.39, 0.29) is 72.5 Å². The van der Waals surface area contributed by atoms with Crippen LogP contribution in [0.15, 0.2) is 46.6 Å². The van der Waals surface area contributed by atoms with Gasteiger partial charge in [0.2, 0.25) is 0 Å². The number of ether oxygens (including phenoxy) is 4. The minimum absolute atomic E-state index is 0.0333. The first kappa shape index (κ1) is 23.3. The lowest BCUT2D eigenvalue weighted by Gasteiger charge is -2.23. The van der Waals surface area contributed by atoms with E-state index in [2.05, 4.69) is 52.0 Å². The molecule has 4 saturated heterocycles. The molecule has 8 bridgehead atoms. The van der Waals surface area contributed by atoms with Crippen LogP contribution in [0.25, 0.3) is 0 Å². The number of ketones is 2. The van der Waals surface area contributed by atoms with E-state index in [1.165, 1.54) is 22.3 Å². The summed E-state index contributed by atoms with van der Waals surface area (Å²) in [5.74, 6) is 1.01. The Kier molecular flexibility index (Phi) is 5.38. The van der Waals surface area contributed by atoms with Gasteiger partial charge in [0.25, 0.3) is 0 Å². The van der Waals surface area contributed by atoms with Crippen LogP contribution in [0.1, 0.15) is 53.4 Å². The maximum absolute atomic E-state index is 12.7. The third-order valence-corrected chi connectivity index (χ3v) is 9.90. The molecule has 0 saturated carbocycles. The number of carbonyl (C=O) groups is 2. The van der Waals surface area contributed by atoms with Gasteiger partial charge in [0.1, 0.15) is 11.6 Å². The molecule has 0 N–H and O–H groups in total. The molecule has 8 aliphatic rings. The van der Waals surface area contributed by atoms with E-state index < -0.39 is 0 Å². The van der Waals surface area contributed by atoms with Gasteiger partial charge in [-0.1, -0.05) is 24.3 Å². The number of carbonyl (C=O) groups excluding carboxylic acids is 2. The Hall–Kier alpha value is -1.86. The highest BCUT2D eigenvalue weighted by atomic mass is 16.5. The Bertz CT molecular complexity index is 1090. The predicted molar refractivity (Wildman–Crippen MR) is 132 cm³/mol. The Morgan fingerprint density at radius 1 is 0.556 bits per heavy atom. The molecule has 8 rings (SSSR count). The predicted octanol–water partition coefficient (Wildman–Crippen LogP) is 4.05. The van der Waals surface area contributed by atoms with Crippen molar-refractivity contribution in [3.05, 3.63) is 46.6 Å². The first-order valence-electron chi connectivity index (χ1n) is 13.7. The number of hydrogen-bond donors (Lipinski definition) is 0. The van der Waals surface area contributed by atoms with Crippen molar-refractivity contribution in [2.45, 2.75) is 102 Å². The normalized spacial score (nSPS) is 48.6. The van der Waals surface area contributed by atoms with E-state index in [1.54, 1.807) is 0 Å². The van der Waals surface area contributed by atoms with Gasteiger partial charge in [-0.15, -0.1) is 0 Å². The summed E-state index contributed by atoms with van der Waals surface area (Å²) in [6, 6.07) is 0. The van der Waals surface area contributed by atoms with Gasteiger partial charge in [-0.25, -0.2) is 0 Å². The van der Waals surface area contributed by atoms with Crippen LogP contribution >= 0.6 is 0 Å². The number of rotatable bonds is 4. The average molecular weight is 493 g/mol. The van der Waals surface area contributed by atoms with Crippen LogP contribution in [0.3, 0.4) is 0 Å². The SMILES string of the molecule is CC1=CC2OC1CC2C(=O)C1CC2C=C(C)C1O2.CC1=CC2OC1CC2C(=O)C1CC2OC1C=C2C. The van der Waals surface area contributed by atoms with Crippen LogP contribution in [0, 0.1) is 23.7 Å². The Labute approximate surface area is 212 Å². The molecule has 12 unspecified atom stereocenters. The average Bonchev–Trinajstić information content (AvgIpc) is 3.68. The highest BCUT2D eigenvalue weighted by Gasteiger charge is 2.52. The molecule has 0 radical (unpaired) electrons. The van der Waals surface area contributed by atoms with E-state index in [9.17, 15) is 9.59 Å². The van der Waals surface area contributed by atoms with Crippen LogP contribution in [0.4, 0.5) is 0 Å². The van der Waals surface area contributed by atoms with Crippen LogP contribution in [-0.4, -0.2) is 60.4 Å². The van der Waals surface area contributed by atoms with Crippen molar-refractivity contribution in [2.75, 3.05) is 0 Å². The van der Waals surface area contributed by atoms with Crippen LogP contribution in [-0.2, 0) is 28.5 Å². The molecule has 6 heteroatoms. The second-order valence-electron chi connectivity index (χ2n) is 12.2. The lowest BCUT2D eigenvalue weighted by molar-refractivity contribution is -0.129. The quantitative estimate of drug-likeness (QED) is 0.552. The van der Waals surface area contributed by atoms with Crippen molar-refractivity contribution in [3.8, 4) is 0 Å². The molecule has 0 aromatic carbocycles. The van der Waals surface area contributed by atoms with Gasteiger partial charge in [0.15, 0.2) is 0 Å². The molecule has 8 aliphatic heterocycles. The molecular formula is C30H36O6. The largest absolute Gasteiger partial charge is 0.366 e. The monoisotopic (exact) mass is 492 g/mol. The molecule has 8 heterocycles. The summed E-state index contributed by atoms with van der Waals surface area (Å²) < 4.78 is 23.2. The number of fused-ring (bicyclic) bond motifs is 8. The van der Waals surface area contributed by atoms with Gasteiger partial charge < -0.3 is 18.9 Å². The summed E-state index contributed by atoms with van der Waals surface area (Å²) >= 11 is 0. The van der Waals surface area contributed by atoms with Crippen molar-refractivity contribution in [3.63, 3.8) is 0 Å². The van der Waals surface area contributed by atoms with Gasteiger partial charge in [0.05, 0.1) is 72.5 Å². The van der Waals surface area contributed by atoms with E-state index in [1.807, 2.05) is 0 Å². The second-order valence-corrected chi connectivity index (χ2v) is 12.2. The van der Waals surface area contributed by atoms with Crippen molar-refractivity contribution >= 4 is 11.6 Å². The maximum atomic E-state index is 12.7. The fourth-order valence-electron chi connectivity index (χ4n) is 7.84. The molecule has 6 nitrogen and oxygen atoms in total. The summed E-state index contributed by atoms with van der Waals surface area (Å²) in [7, 11) is 0. The highest BCUT2D eigenvalue weighted by molar-refractivity contribution is 5.87.